The van der Waals surface area contributed by atoms with Crippen LogP contribution in [0.2, 0.25) is 0 Å². The fourth-order valence-electron chi connectivity index (χ4n) is 1.60. The molecule has 0 unspecified atom stereocenters. The lowest BCUT2D eigenvalue weighted by Gasteiger charge is -2.02. The predicted octanol–water partition coefficient (Wildman–Crippen LogP) is 3.91. The van der Waals surface area contributed by atoms with Gasteiger partial charge in [0.1, 0.15) is 5.75 Å². The van der Waals surface area contributed by atoms with Gasteiger partial charge in [-0.2, -0.15) is 0 Å². The van der Waals surface area contributed by atoms with Crippen LogP contribution in [0.3, 0.4) is 0 Å². The van der Waals surface area contributed by atoms with Gasteiger partial charge >= 0.3 is 0 Å². The van der Waals surface area contributed by atoms with Gasteiger partial charge < -0.3 is 4.74 Å². The van der Waals surface area contributed by atoms with Crippen LogP contribution in [-0.2, 0) is 0 Å². The van der Waals surface area contributed by atoms with E-state index >= 15 is 0 Å². The Labute approximate surface area is 106 Å². The Morgan fingerprint density at radius 1 is 1.12 bits per heavy atom. The van der Waals surface area contributed by atoms with Crippen molar-refractivity contribution in [3.8, 4) is 16.9 Å². The minimum Gasteiger partial charge on any atom is -0.497 e. The molecular weight excluding hydrogens is 228 g/mol. The second kappa shape index (κ2) is 5.65. The van der Waals surface area contributed by atoms with Crippen LogP contribution in [0, 0.1) is 11.2 Å². The lowest BCUT2D eigenvalue weighted by molar-refractivity contribution is 0.415. The zero-order valence-corrected chi connectivity index (χ0v) is 10.8. The van der Waals surface area contributed by atoms with Gasteiger partial charge in [0, 0.05) is 11.3 Å². The number of benzene rings is 2. The molecule has 0 atom stereocenters. The topological polar surface area (TPSA) is 9.23 Å². The summed E-state index contributed by atoms with van der Waals surface area (Å²) in [5.74, 6) is 5.06. The van der Waals surface area contributed by atoms with Crippen LogP contribution in [0.1, 0.15) is 12.5 Å². The zero-order chi connectivity index (χ0) is 12.1. The zero-order valence-electron chi connectivity index (χ0n) is 9.99. The van der Waals surface area contributed by atoms with Gasteiger partial charge in [-0.15, -0.1) is 0 Å². The summed E-state index contributed by atoms with van der Waals surface area (Å²) >= 11 is 1.63. The van der Waals surface area contributed by atoms with Crippen LogP contribution in [-0.4, -0.2) is 12.9 Å². The van der Waals surface area contributed by atoms with Gasteiger partial charge in [-0.25, -0.2) is 0 Å². The maximum absolute atomic E-state index is 5.20. The third-order valence-electron chi connectivity index (χ3n) is 2.46. The molecule has 2 rings (SSSR count). The molecule has 0 saturated carbocycles. The van der Waals surface area contributed by atoms with Crippen molar-refractivity contribution >= 4 is 22.5 Å². The van der Waals surface area contributed by atoms with Crippen molar-refractivity contribution in [3.05, 3.63) is 42.0 Å². The summed E-state index contributed by atoms with van der Waals surface area (Å²) in [7, 11) is 1.68. The van der Waals surface area contributed by atoms with Crippen molar-refractivity contribution in [1.82, 2.24) is 0 Å². The molecule has 0 fully saturated rings. The molecule has 1 nitrogen and oxygen atoms in total. The Hall–Kier alpha value is -1.59. The van der Waals surface area contributed by atoms with Gasteiger partial charge in [0.15, 0.2) is 0 Å². The van der Waals surface area contributed by atoms with Crippen molar-refractivity contribution in [2.24, 2.45) is 0 Å². The summed E-state index contributed by atoms with van der Waals surface area (Å²) in [5, 5.41) is 5.45. The lowest BCUT2D eigenvalue weighted by Crippen LogP contribution is -1.83. The smallest absolute Gasteiger partial charge is 0.119 e. The highest BCUT2D eigenvalue weighted by atomic mass is 32.2. The maximum Gasteiger partial charge on any atom is 0.119 e. The molecule has 17 heavy (non-hydrogen) atoms. The molecule has 0 spiro atoms. The van der Waals surface area contributed by atoms with Gasteiger partial charge in [-0.3, -0.25) is 0 Å². The summed E-state index contributed by atoms with van der Waals surface area (Å²) in [4.78, 5) is 0. The number of hydrogen-bond acceptors (Lipinski definition) is 2. The molecular formula is C15H14OS. The van der Waals surface area contributed by atoms with E-state index in [4.69, 9.17) is 4.74 Å². The summed E-state index contributed by atoms with van der Waals surface area (Å²) in [5.41, 5.74) is 1.06. The van der Waals surface area contributed by atoms with Gasteiger partial charge in [-0.05, 0) is 40.3 Å². The SMILES string of the molecule is CCSC#Cc1ccc2cc(OC)ccc2c1. The normalized spacial score (nSPS) is 9.76. The Morgan fingerprint density at radius 2 is 1.88 bits per heavy atom. The predicted molar refractivity (Wildman–Crippen MR) is 75.5 cm³/mol. The largest absolute Gasteiger partial charge is 0.497 e. The molecule has 0 aliphatic carbocycles. The Bertz CT molecular complexity index is 578. The average molecular weight is 242 g/mol. The van der Waals surface area contributed by atoms with Crippen LogP contribution in [0.5, 0.6) is 5.75 Å². The molecule has 86 valence electrons. The molecule has 0 amide bonds. The average Bonchev–Trinajstić information content (AvgIpc) is 2.38. The molecule has 0 bridgehead atoms. The number of ether oxygens (including phenoxy) is 1. The van der Waals surface area contributed by atoms with E-state index in [0.717, 1.165) is 17.1 Å². The third kappa shape index (κ3) is 2.95. The third-order valence-corrected chi connectivity index (χ3v) is 2.99. The fourth-order valence-corrected chi connectivity index (χ4v) is 1.93. The summed E-state index contributed by atoms with van der Waals surface area (Å²) < 4.78 is 5.20. The van der Waals surface area contributed by atoms with Crippen molar-refractivity contribution in [1.29, 1.82) is 0 Å². The van der Waals surface area contributed by atoms with Crippen molar-refractivity contribution in [2.75, 3.05) is 12.9 Å². The van der Waals surface area contributed by atoms with E-state index in [1.54, 1.807) is 18.9 Å². The van der Waals surface area contributed by atoms with E-state index in [0.29, 0.717) is 0 Å². The number of methoxy groups -OCH3 is 1. The van der Waals surface area contributed by atoms with E-state index < -0.39 is 0 Å². The van der Waals surface area contributed by atoms with Crippen LogP contribution < -0.4 is 4.74 Å². The van der Waals surface area contributed by atoms with Crippen molar-refractivity contribution in [2.45, 2.75) is 6.92 Å². The first-order valence-corrected chi connectivity index (χ1v) is 6.52. The summed E-state index contributed by atoms with van der Waals surface area (Å²) in [6, 6.07) is 12.3. The van der Waals surface area contributed by atoms with E-state index in [-0.39, 0.29) is 0 Å². The highest BCUT2D eigenvalue weighted by molar-refractivity contribution is 8.03. The Kier molecular flexibility index (Phi) is 3.95. The molecule has 0 aromatic heterocycles. The molecule has 0 aliphatic rings. The molecule has 0 N–H and O–H groups in total. The van der Waals surface area contributed by atoms with Gasteiger partial charge in [-0.1, -0.05) is 36.7 Å². The van der Waals surface area contributed by atoms with Crippen molar-refractivity contribution < 1.29 is 4.74 Å². The molecule has 0 radical (unpaired) electrons. The highest BCUT2D eigenvalue weighted by Crippen LogP contribution is 2.21. The van der Waals surface area contributed by atoms with Crippen molar-refractivity contribution in [3.63, 3.8) is 0 Å². The number of thioether (sulfide) groups is 1. The van der Waals surface area contributed by atoms with Gasteiger partial charge in [0.2, 0.25) is 0 Å². The van der Waals surface area contributed by atoms with Gasteiger partial charge in [0.25, 0.3) is 0 Å². The molecule has 0 aliphatic heterocycles. The Balaban J connectivity index is 2.36. The molecule has 2 heteroatoms. The minimum atomic E-state index is 0.887. The summed E-state index contributed by atoms with van der Waals surface area (Å²) in [6.07, 6.45) is 0. The standard InChI is InChI=1S/C15H14OS/c1-3-17-9-8-12-4-5-14-11-15(16-2)7-6-13(14)10-12/h4-7,10-11H,3H2,1-2H3. The quantitative estimate of drug-likeness (QED) is 0.738. The van der Waals surface area contributed by atoms with E-state index in [1.807, 2.05) is 18.2 Å². The minimum absolute atomic E-state index is 0.887. The summed E-state index contributed by atoms with van der Waals surface area (Å²) in [6.45, 7) is 2.10. The molecule has 2 aromatic rings. The molecule has 0 saturated heterocycles. The van der Waals surface area contributed by atoms with Crippen LogP contribution >= 0.6 is 11.8 Å². The van der Waals surface area contributed by atoms with Gasteiger partial charge in [0.05, 0.1) is 7.11 Å². The Morgan fingerprint density at radius 3 is 2.65 bits per heavy atom. The first-order valence-electron chi connectivity index (χ1n) is 5.54. The second-order valence-corrected chi connectivity index (χ2v) is 4.66. The monoisotopic (exact) mass is 242 g/mol. The number of fused-ring (bicyclic) bond motifs is 1. The second-order valence-electron chi connectivity index (χ2n) is 3.59. The first kappa shape index (κ1) is 11.9. The van der Waals surface area contributed by atoms with E-state index in [9.17, 15) is 0 Å². The fraction of sp³-hybridized carbons (Fsp3) is 0.200. The first-order chi connectivity index (χ1) is 8.33. The molecule has 2 aromatic carbocycles. The van der Waals surface area contributed by atoms with Crippen LogP contribution in [0.25, 0.3) is 10.8 Å². The van der Waals surface area contributed by atoms with Crippen LogP contribution in [0.4, 0.5) is 0 Å². The van der Waals surface area contributed by atoms with E-state index in [2.05, 4.69) is 36.3 Å². The van der Waals surface area contributed by atoms with E-state index in [1.165, 1.54) is 10.8 Å². The highest BCUT2D eigenvalue weighted by Gasteiger charge is 1.97. The number of hydrogen-bond donors (Lipinski definition) is 0. The number of rotatable bonds is 2. The maximum atomic E-state index is 5.20. The van der Waals surface area contributed by atoms with Crippen LogP contribution in [0.15, 0.2) is 36.4 Å². The molecule has 0 heterocycles. The lowest BCUT2D eigenvalue weighted by atomic mass is 10.1.